The number of carbonyl (C=O) groups excluding carboxylic acids is 1. The molecule has 0 aliphatic heterocycles. The highest BCUT2D eigenvalue weighted by Gasteiger charge is 2.12. The summed E-state index contributed by atoms with van der Waals surface area (Å²) in [4.78, 5) is 12.8. The van der Waals surface area contributed by atoms with E-state index in [0.717, 1.165) is 28.8 Å². The molecule has 0 fully saturated rings. The second-order valence-electron chi connectivity index (χ2n) is 5.04. The van der Waals surface area contributed by atoms with Crippen LogP contribution in [0, 0.1) is 32.4 Å². The van der Waals surface area contributed by atoms with Crippen molar-refractivity contribution in [2.45, 2.75) is 25.7 Å². The average Bonchev–Trinajstić information content (AvgIpc) is 2.44. The molecule has 0 bridgehead atoms. The minimum absolute atomic E-state index is 0.00895. The van der Waals surface area contributed by atoms with Crippen LogP contribution in [0.2, 0.25) is 0 Å². The van der Waals surface area contributed by atoms with Crippen molar-refractivity contribution >= 4 is 17.5 Å². The van der Waals surface area contributed by atoms with E-state index in [1.165, 1.54) is 17.8 Å². The highest BCUT2D eigenvalue weighted by molar-refractivity contribution is 8.00. The zero-order valence-corrected chi connectivity index (χ0v) is 13.0. The SMILES string of the molecule is Cc1cc(C)c(C(=O)CSc2ccc(F)c(F)c2)cc1C. The van der Waals surface area contributed by atoms with Crippen molar-refractivity contribution in [3.05, 3.63) is 64.2 Å². The first-order chi connectivity index (χ1) is 9.88. The first-order valence-electron chi connectivity index (χ1n) is 6.57. The molecule has 0 atom stereocenters. The lowest BCUT2D eigenvalue weighted by molar-refractivity contribution is 0.102. The summed E-state index contributed by atoms with van der Waals surface area (Å²) in [7, 11) is 0. The number of hydrogen-bond donors (Lipinski definition) is 0. The van der Waals surface area contributed by atoms with E-state index in [1.807, 2.05) is 32.9 Å². The lowest BCUT2D eigenvalue weighted by Crippen LogP contribution is -2.06. The molecule has 110 valence electrons. The van der Waals surface area contributed by atoms with Gasteiger partial charge in [0.1, 0.15) is 0 Å². The number of ketones is 1. The van der Waals surface area contributed by atoms with Gasteiger partial charge in [-0.05, 0) is 61.7 Å². The van der Waals surface area contributed by atoms with Crippen LogP contribution in [0.4, 0.5) is 8.78 Å². The summed E-state index contributed by atoms with van der Waals surface area (Å²) in [5.74, 6) is -1.58. The summed E-state index contributed by atoms with van der Waals surface area (Å²) in [6.45, 7) is 5.88. The third-order valence-electron chi connectivity index (χ3n) is 3.40. The quantitative estimate of drug-likeness (QED) is 0.592. The van der Waals surface area contributed by atoms with Gasteiger partial charge in [0.2, 0.25) is 0 Å². The molecule has 1 nitrogen and oxygen atoms in total. The van der Waals surface area contributed by atoms with Gasteiger partial charge in [0.15, 0.2) is 17.4 Å². The minimum Gasteiger partial charge on any atom is -0.293 e. The number of thioether (sulfide) groups is 1. The summed E-state index contributed by atoms with van der Waals surface area (Å²) in [6, 6.07) is 7.54. The van der Waals surface area contributed by atoms with Crippen LogP contribution in [0.15, 0.2) is 35.2 Å². The summed E-state index contributed by atoms with van der Waals surface area (Å²) in [6.07, 6.45) is 0. The zero-order valence-electron chi connectivity index (χ0n) is 12.2. The van der Waals surface area contributed by atoms with Crippen LogP contribution in [0.5, 0.6) is 0 Å². The molecule has 2 aromatic carbocycles. The maximum Gasteiger partial charge on any atom is 0.173 e. The highest BCUT2D eigenvalue weighted by Crippen LogP contribution is 2.23. The molecular formula is C17H16F2OS. The van der Waals surface area contributed by atoms with E-state index in [4.69, 9.17) is 0 Å². The topological polar surface area (TPSA) is 17.1 Å². The summed E-state index contributed by atoms with van der Waals surface area (Å²) in [5, 5.41) is 0. The van der Waals surface area contributed by atoms with Crippen molar-refractivity contribution in [3.8, 4) is 0 Å². The molecule has 0 heterocycles. The van der Waals surface area contributed by atoms with Gasteiger partial charge >= 0.3 is 0 Å². The number of hydrogen-bond acceptors (Lipinski definition) is 2. The van der Waals surface area contributed by atoms with E-state index >= 15 is 0 Å². The van der Waals surface area contributed by atoms with Crippen molar-refractivity contribution in [2.24, 2.45) is 0 Å². The fraction of sp³-hybridized carbons (Fsp3) is 0.235. The minimum atomic E-state index is -0.894. The predicted molar refractivity (Wildman–Crippen MR) is 82.1 cm³/mol. The fourth-order valence-electron chi connectivity index (χ4n) is 2.05. The Morgan fingerprint density at radius 1 is 0.952 bits per heavy atom. The van der Waals surface area contributed by atoms with Gasteiger partial charge in [0.25, 0.3) is 0 Å². The van der Waals surface area contributed by atoms with E-state index in [9.17, 15) is 13.6 Å². The maximum atomic E-state index is 13.1. The number of carbonyl (C=O) groups is 1. The molecule has 0 saturated carbocycles. The molecule has 21 heavy (non-hydrogen) atoms. The van der Waals surface area contributed by atoms with Crippen molar-refractivity contribution in [3.63, 3.8) is 0 Å². The van der Waals surface area contributed by atoms with Gasteiger partial charge in [0, 0.05) is 10.5 Å². The first kappa shape index (κ1) is 15.7. The smallest absolute Gasteiger partial charge is 0.173 e. The summed E-state index contributed by atoms with van der Waals surface area (Å²) < 4.78 is 26.0. The van der Waals surface area contributed by atoms with Gasteiger partial charge in [0.05, 0.1) is 5.75 Å². The van der Waals surface area contributed by atoms with Crippen LogP contribution in [0.3, 0.4) is 0 Å². The van der Waals surface area contributed by atoms with E-state index in [2.05, 4.69) is 0 Å². The van der Waals surface area contributed by atoms with Crippen LogP contribution in [-0.4, -0.2) is 11.5 Å². The van der Waals surface area contributed by atoms with Crippen LogP contribution < -0.4 is 0 Å². The molecule has 2 aromatic rings. The van der Waals surface area contributed by atoms with Crippen molar-refractivity contribution in [1.29, 1.82) is 0 Å². The van der Waals surface area contributed by atoms with Crippen LogP contribution in [0.1, 0.15) is 27.0 Å². The first-order valence-corrected chi connectivity index (χ1v) is 7.56. The Hall–Kier alpha value is -1.68. The van der Waals surface area contributed by atoms with Gasteiger partial charge < -0.3 is 0 Å². The van der Waals surface area contributed by atoms with Crippen LogP contribution >= 0.6 is 11.8 Å². The highest BCUT2D eigenvalue weighted by atomic mass is 32.2. The Labute approximate surface area is 127 Å². The Bertz CT molecular complexity index is 695. The summed E-state index contributed by atoms with van der Waals surface area (Å²) >= 11 is 1.21. The van der Waals surface area contributed by atoms with Crippen molar-refractivity contribution < 1.29 is 13.6 Å². The lowest BCUT2D eigenvalue weighted by Gasteiger charge is -2.09. The molecule has 0 saturated heterocycles. The van der Waals surface area contributed by atoms with E-state index in [0.29, 0.717) is 10.5 Å². The number of Topliss-reactive ketones (excluding diaryl/α,β-unsaturated/α-hetero) is 1. The van der Waals surface area contributed by atoms with Gasteiger partial charge in [-0.15, -0.1) is 11.8 Å². The molecular weight excluding hydrogens is 290 g/mol. The largest absolute Gasteiger partial charge is 0.293 e. The third kappa shape index (κ3) is 3.70. The Kier molecular flexibility index (Phi) is 4.78. The van der Waals surface area contributed by atoms with Gasteiger partial charge in [-0.1, -0.05) is 6.07 Å². The van der Waals surface area contributed by atoms with E-state index < -0.39 is 11.6 Å². The average molecular weight is 306 g/mol. The van der Waals surface area contributed by atoms with Gasteiger partial charge in [-0.25, -0.2) is 8.78 Å². The van der Waals surface area contributed by atoms with E-state index in [-0.39, 0.29) is 11.5 Å². The normalized spacial score (nSPS) is 10.7. The van der Waals surface area contributed by atoms with Gasteiger partial charge in [-0.2, -0.15) is 0 Å². The molecule has 4 heteroatoms. The van der Waals surface area contributed by atoms with Gasteiger partial charge in [-0.3, -0.25) is 4.79 Å². The number of aryl methyl sites for hydroxylation is 3. The number of halogens is 2. The summed E-state index contributed by atoms with van der Waals surface area (Å²) in [5.41, 5.74) is 3.85. The molecule has 0 amide bonds. The molecule has 0 aliphatic carbocycles. The standard InChI is InChI=1S/C17H16F2OS/c1-10-6-12(3)14(7-11(10)2)17(20)9-21-13-4-5-15(18)16(19)8-13/h4-8H,9H2,1-3H3. The Balaban J connectivity index is 2.11. The monoisotopic (exact) mass is 306 g/mol. The molecule has 0 aliphatic rings. The molecule has 0 unspecified atom stereocenters. The molecule has 0 N–H and O–H groups in total. The predicted octanol–water partition coefficient (Wildman–Crippen LogP) is 4.87. The Morgan fingerprint density at radius 2 is 1.62 bits per heavy atom. The zero-order chi connectivity index (χ0) is 15.6. The third-order valence-corrected chi connectivity index (χ3v) is 4.40. The maximum absolute atomic E-state index is 13.1. The lowest BCUT2D eigenvalue weighted by atomic mass is 9.99. The molecule has 0 aromatic heterocycles. The number of benzene rings is 2. The fourth-order valence-corrected chi connectivity index (χ4v) is 2.86. The van der Waals surface area contributed by atoms with Crippen LogP contribution in [-0.2, 0) is 0 Å². The van der Waals surface area contributed by atoms with Crippen molar-refractivity contribution in [2.75, 3.05) is 5.75 Å². The molecule has 0 radical (unpaired) electrons. The molecule has 0 spiro atoms. The van der Waals surface area contributed by atoms with Crippen molar-refractivity contribution in [1.82, 2.24) is 0 Å². The molecule has 2 rings (SSSR count). The second kappa shape index (κ2) is 6.39. The van der Waals surface area contributed by atoms with Crippen LogP contribution in [0.25, 0.3) is 0 Å². The Morgan fingerprint density at radius 3 is 2.29 bits per heavy atom. The van der Waals surface area contributed by atoms with E-state index in [1.54, 1.807) is 0 Å². The number of rotatable bonds is 4. The second-order valence-corrected chi connectivity index (χ2v) is 6.09.